The monoisotopic (exact) mass is 530 g/mol. The molecule has 0 atom stereocenters. The number of unbranched alkanes of at least 4 members (excludes halogenated alkanes) is 2. The Bertz CT molecular complexity index is 992. The van der Waals surface area contributed by atoms with E-state index in [1.807, 2.05) is 24.3 Å². The molecule has 36 heavy (non-hydrogen) atoms. The van der Waals surface area contributed by atoms with E-state index < -0.39 is 0 Å². The molecule has 1 aliphatic heterocycles. The summed E-state index contributed by atoms with van der Waals surface area (Å²) in [7, 11) is 0. The van der Waals surface area contributed by atoms with Gasteiger partial charge in [-0.15, -0.1) is 0 Å². The number of rotatable bonds is 12. The van der Waals surface area contributed by atoms with Crippen molar-refractivity contribution in [3.63, 3.8) is 0 Å². The third kappa shape index (κ3) is 10.6. The Balaban J connectivity index is 1.18. The second-order valence-corrected chi connectivity index (χ2v) is 9.92. The zero-order chi connectivity index (χ0) is 25.6. The van der Waals surface area contributed by atoms with Crippen molar-refractivity contribution in [1.82, 2.24) is 20.9 Å². The summed E-state index contributed by atoms with van der Waals surface area (Å²) in [6.07, 6.45) is 9.16. The summed E-state index contributed by atoms with van der Waals surface area (Å²) in [6.45, 7) is 4.37. The number of hydrogen-bond donors (Lipinski definition) is 3. The molecular formula is C28H36Cl2N4O2. The first-order chi connectivity index (χ1) is 17.5. The second-order valence-electron chi connectivity index (χ2n) is 9.11. The van der Waals surface area contributed by atoms with Gasteiger partial charge in [0.15, 0.2) is 0 Å². The molecule has 0 saturated carbocycles. The minimum Gasteiger partial charge on any atom is -0.353 e. The van der Waals surface area contributed by atoms with Crippen molar-refractivity contribution in [2.24, 2.45) is 0 Å². The molecule has 1 aliphatic rings. The molecule has 3 rings (SSSR count). The van der Waals surface area contributed by atoms with Crippen molar-refractivity contribution in [3.05, 3.63) is 75.8 Å². The topological polar surface area (TPSA) is 73.5 Å². The van der Waals surface area contributed by atoms with Gasteiger partial charge in [-0.05, 0) is 68.0 Å². The number of halogens is 2. The van der Waals surface area contributed by atoms with Gasteiger partial charge in [0.2, 0.25) is 5.91 Å². The summed E-state index contributed by atoms with van der Waals surface area (Å²) in [5.74, 6) is -0.111. The number of carbonyl (C=O) groups is 2. The largest absolute Gasteiger partial charge is 0.353 e. The molecule has 0 bridgehead atoms. The lowest BCUT2D eigenvalue weighted by Gasteiger charge is -2.32. The lowest BCUT2D eigenvalue weighted by atomic mass is 10.0. The number of urea groups is 1. The van der Waals surface area contributed by atoms with Crippen molar-refractivity contribution < 1.29 is 9.59 Å². The Morgan fingerprint density at radius 2 is 1.69 bits per heavy atom. The van der Waals surface area contributed by atoms with Crippen LogP contribution in [0.25, 0.3) is 6.08 Å². The first kappa shape index (κ1) is 28.0. The van der Waals surface area contributed by atoms with Gasteiger partial charge in [0, 0.05) is 38.3 Å². The van der Waals surface area contributed by atoms with Crippen LogP contribution in [0.2, 0.25) is 10.0 Å². The minimum atomic E-state index is -0.111. The lowest BCUT2D eigenvalue weighted by molar-refractivity contribution is -0.116. The van der Waals surface area contributed by atoms with Crippen molar-refractivity contribution >= 4 is 41.2 Å². The van der Waals surface area contributed by atoms with Gasteiger partial charge in [-0.3, -0.25) is 4.79 Å². The number of benzene rings is 2. The first-order valence-electron chi connectivity index (χ1n) is 12.7. The maximum atomic E-state index is 12.2. The van der Waals surface area contributed by atoms with E-state index in [4.69, 9.17) is 23.2 Å². The van der Waals surface area contributed by atoms with Crippen LogP contribution in [0.15, 0.2) is 54.6 Å². The van der Waals surface area contributed by atoms with Gasteiger partial charge in [-0.25, -0.2) is 4.79 Å². The summed E-state index contributed by atoms with van der Waals surface area (Å²) in [5.41, 5.74) is 2.06. The molecule has 1 fully saturated rings. The van der Waals surface area contributed by atoms with E-state index in [0.717, 1.165) is 63.7 Å². The number of likely N-dealkylation sites (tertiary alicyclic amines) is 1. The van der Waals surface area contributed by atoms with Crippen LogP contribution < -0.4 is 16.0 Å². The SMILES string of the molecule is O=C(/C=C/c1ccc(Cl)c(Cl)c1)NCCCCCN1CCC(NC(=O)NCCc2ccccc2)CC1. The fraction of sp³-hybridized carbons (Fsp3) is 0.429. The van der Waals surface area contributed by atoms with Gasteiger partial charge in [0.1, 0.15) is 0 Å². The summed E-state index contributed by atoms with van der Waals surface area (Å²) in [5, 5.41) is 9.96. The van der Waals surface area contributed by atoms with Gasteiger partial charge in [0.25, 0.3) is 0 Å². The molecule has 2 aromatic carbocycles. The molecule has 6 nitrogen and oxygen atoms in total. The lowest BCUT2D eigenvalue weighted by Crippen LogP contribution is -2.48. The van der Waals surface area contributed by atoms with Crippen LogP contribution in [0, 0.1) is 0 Å². The van der Waals surface area contributed by atoms with E-state index in [2.05, 4.69) is 33.0 Å². The fourth-order valence-electron chi connectivity index (χ4n) is 4.20. The predicted molar refractivity (Wildman–Crippen MR) is 148 cm³/mol. The number of hydrogen-bond acceptors (Lipinski definition) is 3. The Morgan fingerprint density at radius 3 is 2.44 bits per heavy atom. The Kier molecular flexibility index (Phi) is 12.1. The van der Waals surface area contributed by atoms with Crippen LogP contribution in [0.5, 0.6) is 0 Å². The molecular weight excluding hydrogens is 495 g/mol. The number of piperidine rings is 1. The third-order valence-electron chi connectivity index (χ3n) is 6.29. The maximum Gasteiger partial charge on any atom is 0.315 e. The molecule has 3 amide bonds. The molecule has 1 heterocycles. The second kappa shape index (κ2) is 15.5. The molecule has 194 valence electrons. The molecule has 0 aromatic heterocycles. The number of amides is 3. The standard InChI is InChI=1S/C28H36Cl2N4O2/c29-25-11-9-23(21-26(25)30)10-12-27(35)31-16-5-2-6-18-34-19-14-24(15-20-34)33-28(36)32-17-13-22-7-3-1-4-8-22/h1,3-4,7-12,21,24H,2,5-6,13-20H2,(H,31,35)(H2,32,33,36)/b12-10+. The van der Waals surface area contributed by atoms with E-state index in [9.17, 15) is 9.59 Å². The highest BCUT2D eigenvalue weighted by atomic mass is 35.5. The van der Waals surface area contributed by atoms with Crippen LogP contribution in [0.4, 0.5) is 4.79 Å². The van der Waals surface area contributed by atoms with Crippen molar-refractivity contribution in [2.45, 2.75) is 44.6 Å². The molecule has 0 aliphatic carbocycles. The van der Waals surface area contributed by atoms with Gasteiger partial charge in [-0.2, -0.15) is 0 Å². The zero-order valence-corrected chi connectivity index (χ0v) is 22.2. The summed E-state index contributed by atoms with van der Waals surface area (Å²) >= 11 is 11.9. The van der Waals surface area contributed by atoms with Gasteiger partial charge < -0.3 is 20.9 Å². The highest BCUT2D eigenvalue weighted by molar-refractivity contribution is 6.42. The van der Waals surface area contributed by atoms with Crippen LogP contribution >= 0.6 is 23.2 Å². The quantitative estimate of drug-likeness (QED) is 0.257. The van der Waals surface area contributed by atoms with Gasteiger partial charge in [0.05, 0.1) is 10.0 Å². The van der Waals surface area contributed by atoms with Crippen molar-refractivity contribution in [3.8, 4) is 0 Å². The molecule has 0 spiro atoms. The highest BCUT2D eigenvalue weighted by Gasteiger charge is 2.20. The smallest absolute Gasteiger partial charge is 0.315 e. The van der Waals surface area contributed by atoms with E-state index in [0.29, 0.717) is 23.1 Å². The first-order valence-corrected chi connectivity index (χ1v) is 13.5. The summed E-state index contributed by atoms with van der Waals surface area (Å²) in [4.78, 5) is 26.6. The number of carbonyl (C=O) groups excluding carboxylic acids is 2. The van der Waals surface area contributed by atoms with Crippen LogP contribution in [0.3, 0.4) is 0 Å². The molecule has 2 aromatic rings. The molecule has 0 radical (unpaired) electrons. The van der Waals surface area contributed by atoms with Gasteiger partial charge in [-0.1, -0.05) is 66.0 Å². The predicted octanol–water partition coefficient (Wildman–Crippen LogP) is 5.30. The normalized spacial score (nSPS) is 14.6. The Morgan fingerprint density at radius 1 is 0.917 bits per heavy atom. The molecule has 0 unspecified atom stereocenters. The molecule has 3 N–H and O–H groups in total. The fourth-order valence-corrected chi connectivity index (χ4v) is 4.50. The van der Waals surface area contributed by atoms with E-state index in [-0.39, 0.29) is 18.0 Å². The summed E-state index contributed by atoms with van der Waals surface area (Å²) < 4.78 is 0. The van der Waals surface area contributed by atoms with E-state index >= 15 is 0 Å². The maximum absolute atomic E-state index is 12.2. The van der Waals surface area contributed by atoms with Gasteiger partial charge >= 0.3 is 6.03 Å². The van der Waals surface area contributed by atoms with E-state index in [1.54, 1.807) is 18.2 Å². The Labute approximate surface area is 224 Å². The van der Waals surface area contributed by atoms with Crippen molar-refractivity contribution in [1.29, 1.82) is 0 Å². The number of nitrogens with one attached hydrogen (secondary N) is 3. The average molecular weight is 532 g/mol. The zero-order valence-electron chi connectivity index (χ0n) is 20.6. The van der Waals surface area contributed by atoms with E-state index in [1.165, 1.54) is 11.6 Å². The van der Waals surface area contributed by atoms with Crippen molar-refractivity contribution in [2.75, 3.05) is 32.7 Å². The average Bonchev–Trinajstić information content (AvgIpc) is 2.88. The van der Waals surface area contributed by atoms with Crippen LogP contribution in [-0.4, -0.2) is 55.6 Å². The van der Waals surface area contributed by atoms with Crippen LogP contribution in [0.1, 0.15) is 43.2 Å². The molecule has 8 heteroatoms. The summed E-state index contributed by atoms with van der Waals surface area (Å²) in [6, 6.07) is 15.6. The molecule has 1 saturated heterocycles. The van der Waals surface area contributed by atoms with Crippen LogP contribution in [-0.2, 0) is 11.2 Å². The minimum absolute atomic E-state index is 0.0711. The third-order valence-corrected chi connectivity index (χ3v) is 7.03. The highest BCUT2D eigenvalue weighted by Crippen LogP contribution is 2.23. The number of nitrogens with zero attached hydrogens (tertiary/aromatic N) is 1. The Hall–Kier alpha value is -2.54.